The van der Waals surface area contributed by atoms with Gasteiger partial charge in [-0.3, -0.25) is 0 Å². The molecule has 0 amide bonds. The summed E-state index contributed by atoms with van der Waals surface area (Å²) >= 11 is 0. The molecule has 2 heteroatoms. The average Bonchev–Trinajstić information content (AvgIpc) is 2.14. The number of hydrogen-bond acceptors (Lipinski definition) is 2. The smallest absolute Gasteiger partial charge is 0.330 e. The van der Waals surface area contributed by atoms with Crippen LogP contribution in [0.15, 0.2) is 12.7 Å². The van der Waals surface area contributed by atoms with E-state index in [-0.39, 0.29) is 12.1 Å². The topological polar surface area (TPSA) is 26.3 Å². The first kappa shape index (κ1) is 7.84. The zero-order valence-electron chi connectivity index (χ0n) is 7.16. The Morgan fingerprint density at radius 3 is 2.58 bits per heavy atom. The molecule has 0 aromatic rings. The van der Waals surface area contributed by atoms with E-state index in [9.17, 15) is 4.79 Å². The summed E-state index contributed by atoms with van der Waals surface area (Å²) in [7, 11) is 0. The quantitative estimate of drug-likeness (QED) is 0.462. The molecule has 0 radical (unpaired) electrons. The van der Waals surface area contributed by atoms with Crippen LogP contribution in [-0.2, 0) is 9.53 Å². The molecule has 0 aromatic heterocycles. The van der Waals surface area contributed by atoms with Gasteiger partial charge in [-0.05, 0) is 31.1 Å². The van der Waals surface area contributed by atoms with Crippen LogP contribution in [0.5, 0.6) is 0 Å². The maximum Gasteiger partial charge on any atom is 0.330 e. The number of ether oxygens (including phenoxy) is 1. The minimum absolute atomic E-state index is 0.226. The maximum absolute atomic E-state index is 10.9. The second-order valence-corrected chi connectivity index (χ2v) is 3.79. The highest BCUT2D eigenvalue weighted by molar-refractivity contribution is 5.81. The van der Waals surface area contributed by atoms with Gasteiger partial charge in [0.1, 0.15) is 6.10 Å². The third-order valence-corrected chi connectivity index (χ3v) is 3.10. The van der Waals surface area contributed by atoms with Crippen molar-refractivity contribution in [1.82, 2.24) is 0 Å². The molecule has 0 spiro atoms. The van der Waals surface area contributed by atoms with E-state index in [2.05, 4.69) is 6.58 Å². The first-order valence-electron chi connectivity index (χ1n) is 4.64. The van der Waals surface area contributed by atoms with E-state index in [1.165, 1.54) is 31.8 Å². The zero-order valence-corrected chi connectivity index (χ0v) is 7.16. The van der Waals surface area contributed by atoms with Crippen molar-refractivity contribution < 1.29 is 9.53 Å². The molecule has 66 valence electrons. The fourth-order valence-electron chi connectivity index (χ4n) is 2.43. The van der Waals surface area contributed by atoms with Crippen molar-refractivity contribution >= 4 is 5.97 Å². The predicted molar refractivity (Wildman–Crippen MR) is 45.5 cm³/mol. The fourth-order valence-corrected chi connectivity index (χ4v) is 2.43. The van der Waals surface area contributed by atoms with Crippen molar-refractivity contribution in [2.75, 3.05) is 0 Å². The number of carbonyl (C=O) groups is 1. The Hall–Kier alpha value is -0.790. The first-order valence-corrected chi connectivity index (χ1v) is 4.64. The molecule has 3 rings (SSSR count). The molecule has 2 unspecified atom stereocenters. The van der Waals surface area contributed by atoms with Gasteiger partial charge < -0.3 is 4.74 Å². The van der Waals surface area contributed by atoms with Gasteiger partial charge in [0.15, 0.2) is 0 Å². The molecule has 3 fully saturated rings. The Labute approximate surface area is 72.6 Å². The van der Waals surface area contributed by atoms with Crippen molar-refractivity contribution in [2.45, 2.75) is 31.8 Å². The Balaban J connectivity index is 1.89. The van der Waals surface area contributed by atoms with Gasteiger partial charge >= 0.3 is 5.97 Å². The summed E-state index contributed by atoms with van der Waals surface area (Å²) in [6.45, 7) is 3.39. The highest BCUT2D eigenvalue weighted by atomic mass is 16.5. The lowest BCUT2D eigenvalue weighted by molar-refractivity contribution is -0.165. The second kappa shape index (κ2) is 2.92. The molecular weight excluding hydrogens is 152 g/mol. The van der Waals surface area contributed by atoms with Gasteiger partial charge in [0.05, 0.1) is 0 Å². The molecule has 3 aliphatic carbocycles. The first-order chi connectivity index (χ1) is 5.81. The standard InChI is InChI=1S/C10H14O2/c1-2-9(11)12-10-7-4-3-5-8(10)6-7/h2,7-8,10H,1,3-6H2. The van der Waals surface area contributed by atoms with Crippen molar-refractivity contribution in [3.05, 3.63) is 12.7 Å². The molecule has 2 bridgehead atoms. The summed E-state index contributed by atoms with van der Waals surface area (Å²) in [4.78, 5) is 10.9. The van der Waals surface area contributed by atoms with Gasteiger partial charge in [-0.25, -0.2) is 4.79 Å². The van der Waals surface area contributed by atoms with E-state index in [0.29, 0.717) is 11.8 Å². The lowest BCUT2D eigenvalue weighted by Gasteiger charge is -2.48. The molecule has 12 heavy (non-hydrogen) atoms. The number of fused-ring (bicyclic) bond motifs is 2. The minimum atomic E-state index is -0.253. The van der Waals surface area contributed by atoms with Crippen LogP contribution in [0.25, 0.3) is 0 Å². The highest BCUT2D eigenvalue weighted by Crippen LogP contribution is 2.47. The minimum Gasteiger partial charge on any atom is -0.459 e. The highest BCUT2D eigenvalue weighted by Gasteiger charge is 2.45. The van der Waals surface area contributed by atoms with Crippen molar-refractivity contribution in [3.63, 3.8) is 0 Å². The monoisotopic (exact) mass is 166 g/mol. The average molecular weight is 166 g/mol. The Morgan fingerprint density at radius 2 is 2.08 bits per heavy atom. The molecule has 0 aliphatic heterocycles. The van der Waals surface area contributed by atoms with Crippen LogP contribution < -0.4 is 0 Å². The third-order valence-electron chi connectivity index (χ3n) is 3.10. The van der Waals surface area contributed by atoms with Crippen LogP contribution >= 0.6 is 0 Å². The summed E-state index contributed by atoms with van der Waals surface area (Å²) in [5, 5.41) is 0. The Morgan fingerprint density at radius 1 is 1.42 bits per heavy atom. The van der Waals surface area contributed by atoms with Crippen molar-refractivity contribution in [3.8, 4) is 0 Å². The molecular formula is C10H14O2. The van der Waals surface area contributed by atoms with Crippen LogP contribution in [0.3, 0.4) is 0 Å². The van der Waals surface area contributed by atoms with E-state index in [1.807, 2.05) is 0 Å². The number of hydrogen-bond donors (Lipinski definition) is 0. The van der Waals surface area contributed by atoms with Gasteiger partial charge in [0.25, 0.3) is 0 Å². The molecule has 0 saturated heterocycles. The third kappa shape index (κ3) is 1.15. The normalized spacial score (nSPS) is 38.2. The zero-order chi connectivity index (χ0) is 8.55. The predicted octanol–water partition coefficient (Wildman–Crippen LogP) is 1.90. The molecule has 2 atom stereocenters. The molecule has 3 aliphatic rings. The fraction of sp³-hybridized carbons (Fsp3) is 0.700. The van der Waals surface area contributed by atoms with E-state index >= 15 is 0 Å². The van der Waals surface area contributed by atoms with Gasteiger partial charge in [0, 0.05) is 6.08 Å². The Bertz CT molecular complexity index is 196. The molecule has 2 nitrogen and oxygen atoms in total. The van der Waals surface area contributed by atoms with Crippen LogP contribution in [-0.4, -0.2) is 12.1 Å². The molecule has 0 N–H and O–H groups in total. The molecule has 3 saturated carbocycles. The SMILES string of the molecule is C=CC(=O)OC1C2CCCC1C2. The van der Waals surface area contributed by atoms with Crippen molar-refractivity contribution in [2.24, 2.45) is 11.8 Å². The molecule has 0 aromatic carbocycles. The summed E-state index contributed by atoms with van der Waals surface area (Å²) < 4.78 is 5.25. The van der Waals surface area contributed by atoms with Gasteiger partial charge in [-0.2, -0.15) is 0 Å². The van der Waals surface area contributed by atoms with Crippen LogP contribution in [0.4, 0.5) is 0 Å². The van der Waals surface area contributed by atoms with Crippen molar-refractivity contribution in [1.29, 1.82) is 0 Å². The maximum atomic E-state index is 10.9. The number of esters is 1. The summed E-state index contributed by atoms with van der Waals surface area (Å²) in [6.07, 6.45) is 6.56. The largest absolute Gasteiger partial charge is 0.459 e. The van der Waals surface area contributed by atoms with E-state index in [4.69, 9.17) is 4.74 Å². The van der Waals surface area contributed by atoms with Crippen LogP contribution in [0.2, 0.25) is 0 Å². The van der Waals surface area contributed by atoms with Gasteiger partial charge in [0.2, 0.25) is 0 Å². The van der Waals surface area contributed by atoms with E-state index < -0.39 is 0 Å². The van der Waals surface area contributed by atoms with E-state index in [1.54, 1.807) is 0 Å². The van der Waals surface area contributed by atoms with Gasteiger partial charge in [-0.15, -0.1) is 0 Å². The summed E-state index contributed by atoms with van der Waals surface area (Å²) in [5.41, 5.74) is 0. The Kier molecular flexibility index (Phi) is 1.91. The number of rotatable bonds is 2. The lowest BCUT2D eigenvalue weighted by atomic mass is 9.63. The summed E-state index contributed by atoms with van der Waals surface area (Å²) in [5.74, 6) is 1.07. The molecule has 0 heterocycles. The van der Waals surface area contributed by atoms with E-state index in [0.717, 1.165) is 0 Å². The lowest BCUT2D eigenvalue weighted by Crippen LogP contribution is -2.47. The summed E-state index contributed by atoms with van der Waals surface area (Å²) in [6, 6.07) is 0. The van der Waals surface area contributed by atoms with Crippen LogP contribution in [0.1, 0.15) is 25.7 Å². The second-order valence-electron chi connectivity index (χ2n) is 3.79. The van der Waals surface area contributed by atoms with Gasteiger partial charge in [-0.1, -0.05) is 13.0 Å². The van der Waals surface area contributed by atoms with Crippen LogP contribution in [0, 0.1) is 11.8 Å². The number of carbonyl (C=O) groups excluding carboxylic acids is 1.